The zero-order chi connectivity index (χ0) is 17.2. The fourth-order valence-corrected chi connectivity index (χ4v) is 5.96. The molecule has 25 heavy (non-hydrogen) atoms. The number of ketones is 1. The number of likely N-dealkylation sites (tertiary alicyclic amines) is 1. The lowest BCUT2D eigenvalue weighted by atomic mass is 9.52. The number of Topliss-reactive ketones (excluding diaryl/α,β-unsaturated/α-hetero) is 1. The van der Waals surface area contributed by atoms with Crippen LogP contribution < -0.4 is 0 Å². The molecular weight excluding hydrogens is 314 g/mol. The number of phenols is 1. The number of carbonyl (C=O) groups excluding carboxylic acids is 1. The topological polar surface area (TPSA) is 60.8 Å². The van der Waals surface area contributed by atoms with Gasteiger partial charge in [-0.1, -0.05) is 6.07 Å². The van der Waals surface area contributed by atoms with Crippen molar-refractivity contribution in [3.63, 3.8) is 0 Å². The average molecular weight is 341 g/mol. The zero-order valence-electron chi connectivity index (χ0n) is 14.7. The van der Waals surface area contributed by atoms with E-state index >= 15 is 0 Å². The Kier molecular flexibility index (Phi) is 3.36. The molecular formula is C21H27NO3. The normalized spacial score (nSPS) is 38.0. The van der Waals surface area contributed by atoms with Crippen molar-refractivity contribution in [2.45, 2.75) is 68.4 Å². The van der Waals surface area contributed by atoms with Crippen LogP contribution in [0, 0.1) is 5.92 Å². The molecule has 5 rings (SSSR count). The Morgan fingerprint density at radius 2 is 2.08 bits per heavy atom. The van der Waals surface area contributed by atoms with E-state index < -0.39 is 11.0 Å². The molecule has 2 N–H and O–H groups in total. The van der Waals surface area contributed by atoms with E-state index in [9.17, 15) is 15.0 Å². The van der Waals surface area contributed by atoms with Crippen molar-refractivity contribution < 1.29 is 15.0 Å². The van der Waals surface area contributed by atoms with Gasteiger partial charge in [0.2, 0.25) is 0 Å². The quantitative estimate of drug-likeness (QED) is 0.868. The van der Waals surface area contributed by atoms with Gasteiger partial charge >= 0.3 is 0 Å². The van der Waals surface area contributed by atoms with Crippen LogP contribution in [-0.4, -0.2) is 45.6 Å². The lowest BCUT2D eigenvalue weighted by Crippen LogP contribution is -2.71. The minimum atomic E-state index is -0.854. The largest absolute Gasteiger partial charge is 0.508 e. The predicted molar refractivity (Wildman–Crippen MR) is 94.6 cm³/mol. The number of hydrogen-bond donors (Lipinski definition) is 2. The van der Waals surface area contributed by atoms with E-state index in [4.69, 9.17) is 0 Å². The van der Waals surface area contributed by atoms with E-state index in [1.807, 2.05) is 12.1 Å². The highest BCUT2D eigenvalue weighted by atomic mass is 16.3. The van der Waals surface area contributed by atoms with Gasteiger partial charge in [0, 0.05) is 30.8 Å². The van der Waals surface area contributed by atoms with Gasteiger partial charge in [0.05, 0.1) is 5.60 Å². The van der Waals surface area contributed by atoms with Gasteiger partial charge in [-0.15, -0.1) is 0 Å². The van der Waals surface area contributed by atoms with Crippen molar-refractivity contribution in [2.75, 3.05) is 13.1 Å². The van der Waals surface area contributed by atoms with Crippen molar-refractivity contribution in [1.82, 2.24) is 4.90 Å². The van der Waals surface area contributed by atoms with Crippen molar-refractivity contribution in [3.05, 3.63) is 29.3 Å². The number of aromatic hydroxyl groups is 1. The number of phenolic OH excluding ortho intramolecular Hbond substituents is 1. The van der Waals surface area contributed by atoms with E-state index in [0.29, 0.717) is 19.3 Å². The summed E-state index contributed by atoms with van der Waals surface area (Å²) in [6.07, 6.45) is 6.75. The van der Waals surface area contributed by atoms with Crippen LogP contribution >= 0.6 is 0 Å². The van der Waals surface area contributed by atoms with Crippen molar-refractivity contribution in [1.29, 1.82) is 0 Å². The van der Waals surface area contributed by atoms with Gasteiger partial charge in [0.15, 0.2) is 0 Å². The van der Waals surface area contributed by atoms with Crippen molar-refractivity contribution in [2.24, 2.45) is 5.92 Å². The highest BCUT2D eigenvalue weighted by molar-refractivity contribution is 5.81. The summed E-state index contributed by atoms with van der Waals surface area (Å²) in [5, 5.41) is 22.1. The maximum Gasteiger partial charge on any atom is 0.133 e. The van der Waals surface area contributed by atoms with E-state index in [0.717, 1.165) is 43.8 Å². The van der Waals surface area contributed by atoms with Crippen LogP contribution in [-0.2, 0) is 16.6 Å². The molecule has 1 heterocycles. The Labute approximate surface area is 148 Å². The second-order valence-electron chi connectivity index (χ2n) is 8.83. The van der Waals surface area contributed by atoms with Gasteiger partial charge < -0.3 is 10.2 Å². The van der Waals surface area contributed by atoms with Gasteiger partial charge in [-0.25, -0.2) is 0 Å². The molecule has 0 amide bonds. The van der Waals surface area contributed by atoms with Crippen molar-refractivity contribution in [3.8, 4) is 5.75 Å². The minimum Gasteiger partial charge on any atom is -0.508 e. The van der Waals surface area contributed by atoms with Crippen LogP contribution in [0.5, 0.6) is 5.75 Å². The molecule has 2 saturated carbocycles. The number of aliphatic hydroxyl groups is 1. The molecule has 3 fully saturated rings. The third kappa shape index (κ3) is 2.23. The van der Waals surface area contributed by atoms with Crippen molar-refractivity contribution >= 4 is 5.78 Å². The molecule has 2 bridgehead atoms. The van der Waals surface area contributed by atoms with E-state index in [1.54, 1.807) is 6.07 Å². The van der Waals surface area contributed by atoms with E-state index in [-0.39, 0.29) is 17.6 Å². The number of nitrogens with zero attached hydrogens (tertiary/aromatic N) is 1. The van der Waals surface area contributed by atoms with E-state index in [1.165, 1.54) is 18.4 Å². The first-order valence-electron chi connectivity index (χ1n) is 9.82. The summed E-state index contributed by atoms with van der Waals surface area (Å²) in [6.45, 7) is 2.04. The molecule has 3 atom stereocenters. The average Bonchev–Trinajstić information content (AvgIpc) is 3.38. The molecule has 4 heteroatoms. The Hall–Kier alpha value is -1.39. The smallest absolute Gasteiger partial charge is 0.133 e. The molecule has 1 aromatic carbocycles. The Morgan fingerprint density at radius 1 is 1.24 bits per heavy atom. The molecule has 4 nitrogen and oxygen atoms in total. The first-order valence-corrected chi connectivity index (χ1v) is 9.82. The third-order valence-electron chi connectivity index (χ3n) is 7.37. The standard InChI is InChI=1S/C21H27NO3/c23-16-6-5-15-10-19-21(25)7-1-2-17(24)12-20(21,18(15)11-16)8-9-22(19)13-14-3-4-14/h5-6,11,14,19,23,25H,1-4,7-10,12-13H2/t19-,20-,21-/m1/s1. The Morgan fingerprint density at radius 3 is 2.88 bits per heavy atom. The molecule has 0 radical (unpaired) electrons. The number of benzene rings is 1. The fourth-order valence-electron chi connectivity index (χ4n) is 5.96. The molecule has 1 aliphatic heterocycles. The lowest BCUT2D eigenvalue weighted by Gasteiger charge is -2.61. The lowest BCUT2D eigenvalue weighted by molar-refractivity contribution is -0.154. The summed E-state index contributed by atoms with van der Waals surface area (Å²) in [6, 6.07) is 5.68. The summed E-state index contributed by atoms with van der Waals surface area (Å²) in [7, 11) is 0. The highest BCUT2D eigenvalue weighted by Gasteiger charge is 2.63. The summed E-state index contributed by atoms with van der Waals surface area (Å²) >= 11 is 0. The maximum atomic E-state index is 12.6. The highest BCUT2D eigenvalue weighted by Crippen LogP contribution is 2.57. The van der Waals surface area contributed by atoms with Gasteiger partial charge in [0.1, 0.15) is 11.5 Å². The van der Waals surface area contributed by atoms with Gasteiger partial charge in [-0.05, 0) is 74.2 Å². The molecule has 1 saturated heterocycles. The predicted octanol–water partition coefficient (Wildman–Crippen LogP) is 2.54. The second kappa shape index (κ2) is 5.31. The first kappa shape index (κ1) is 15.8. The zero-order valence-corrected chi connectivity index (χ0v) is 14.7. The second-order valence-corrected chi connectivity index (χ2v) is 8.83. The molecule has 134 valence electrons. The Bertz CT molecular complexity index is 728. The summed E-state index contributed by atoms with van der Waals surface area (Å²) in [5.74, 6) is 1.30. The third-order valence-corrected chi connectivity index (χ3v) is 7.37. The number of fused-ring (bicyclic) bond motifs is 1. The van der Waals surface area contributed by atoms with Gasteiger partial charge in [-0.3, -0.25) is 9.69 Å². The molecule has 0 unspecified atom stereocenters. The summed E-state index contributed by atoms with van der Waals surface area (Å²) in [5.41, 5.74) is 0.875. The van der Waals surface area contributed by atoms with Crippen LogP contribution in [0.15, 0.2) is 18.2 Å². The number of carbonyl (C=O) groups is 1. The van der Waals surface area contributed by atoms with Crippen LogP contribution in [0.1, 0.15) is 56.1 Å². The molecule has 4 aliphatic rings. The summed E-state index contributed by atoms with van der Waals surface area (Å²) in [4.78, 5) is 15.1. The molecule has 1 aromatic rings. The van der Waals surface area contributed by atoms with E-state index in [2.05, 4.69) is 4.90 Å². The maximum absolute atomic E-state index is 12.6. The fraction of sp³-hybridized carbons (Fsp3) is 0.667. The molecule has 3 aliphatic carbocycles. The number of piperidine rings is 1. The number of hydrogen-bond acceptors (Lipinski definition) is 4. The van der Waals surface area contributed by atoms with Crippen LogP contribution in [0.2, 0.25) is 0 Å². The summed E-state index contributed by atoms with van der Waals surface area (Å²) < 4.78 is 0. The van der Waals surface area contributed by atoms with Gasteiger partial charge in [0.25, 0.3) is 0 Å². The number of rotatable bonds is 2. The van der Waals surface area contributed by atoms with Crippen LogP contribution in [0.4, 0.5) is 0 Å². The van der Waals surface area contributed by atoms with Gasteiger partial charge in [-0.2, -0.15) is 0 Å². The molecule has 0 spiro atoms. The monoisotopic (exact) mass is 341 g/mol. The Balaban J connectivity index is 1.67. The van der Waals surface area contributed by atoms with Crippen LogP contribution in [0.3, 0.4) is 0 Å². The first-order chi connectivity index (χ1) is 12.0. The van der Waals surface area contributed by atoms with Crippen LogP contribution in [0.25, 0.3) is 0 Å². The SMILES string of the molecule is O=C1CCC[C@@]2(O)[C@H]3Cc4ccc(O)cc4[C@@]2(CCN3CC2CC2)C1. The molecule has 0 aromatic heterocycles. The minimum absolute atomic E-state index is 0.102.